The number of imidazole rings is 1. The fourth-order valence-corrected chi connectivity index (χ4v) is 4.15. The van der Waals surface area contributed by atoms with Gasteiger partial charge in [0.25, 0.3) is 10.2 Å². The van der Waals surface area contributed by atoms with Crippen molar-refractivity contribution < 1.29 is 8.42 Å². The third-order valence-corrected chi connectivity index (χ3v) is 6.36. The lowest BCUT2D eigenvalue weighted by atomic mass is 9.97. The highest BCUT2D eigenvalue weighted by molar-refractivity contribution is 7.86. The van der Waals surface area contributed by atoms with E-state index in [-0.39, 0.29) is 5.92 Å². The fourth-order valence-electron chi connectivity index (χ4n) is 3.01. The van der Waals surface area contributed by atoms with Crippen LogP contribution in [0.1, 0.15) is 36.0 Å². The predicted octanol–water partition coefficient (Wildman–Crippen LogP) is 1.47. The van der Waals surface area contributed by atoms with Crippen molar-refractivity contribution in [2.45, 2.75) is 32.6 Å². The number of hydrogen-bond acceptors (Lipinski definition) is 5. The Hall–Kier alpha value is -1.84. The summed E-state index contributed by atoms with van der Waals surface area (Å²) in [6, 6.07) is 1.91. The van der Waals surface area contributed by atoms with Gasteiger partial charge < -0.3 is 4.98 Å². The number of aromatic nitrogens is 4. The largest absolute Gasteiger partial charge is 0.341 e. The zero-order chi connectivity index (χ0) is 18.2. The lowest BCUT2D eigenvalue weighted by Gasteiger charge is -2.32. The Morgan fingerprint density at radius 2 is 1.88 bits per heavy atom. The minimum absolute atomic E-state index is 0.156. The Morgan fingerprint density at radius 1 is 1.20 bits per heavy atom. The van der Waals surface area contributed by atoms with Crippen LogP contribution in [0.2, 0.25) is 0 Å². The standard InChI is InChI=1S/C16H24N6O2S/c1-11-9-14(16-17-10-12(2)19-16)20-15(18-11)13-5-7-22(8-6-13)25(23,24)21(3)4/h9-10,13H,5-8H2,1-4H3,(H,17,19). The number of aryl methyl sites for hydroxylation is 2. The molecule has 3 heterocycles. The van der Waals surface area contributed by atoms with E-state index in [4.69, 9.17) is 0 Å². The van der Waals surface area contributed by atoms with Crippen LogP contribution in [0.4, 0.5) is 0 Å². The van der Waals surface area contributed by atoms with E-state index in [1.807, 2.05) is 19.9 Å². The number of nitrogens with one attached hydrogen (secondary N) is 1. The number of aromatic amines is 1. The summed E-state index contributed by atoms with van der Waals surface area (Å²) in [4.78, 5) is 16.8. The third-order valence-electron chi connectivity index (χ3n) is 4.42. The summed E-state index contributed by atoms with van der Waals surface area (Å²) in [6.07, 6.45) is 3.21. The minimum atomic E-state index is -3.35. The molecule has 0 aromatic carbocycles. The molecule has 1 saturated heterocycles. The van der Waals surface area contributed by atoms with E-state index >= 15 is 0 Å². The summed E-state index contributed by atoms with van der Waals surface area (Å²) < 4.78 is 27.2. The minimum Gasteiger partial charge on any atom is -0.341 e. The molecule has 136 valence electrons. The van der Waals surface area contributed by atoms with Crippen LogP contribution in [0.25, 0.3) is 11.5 Å². The molecule has 0 saturated carbocycles. The Kier molecular flexibility index (Phi) is 4.90. The highest BCUT2D eigenvalue weighted by Gasteiger charge is 2.31. The highest BCUT2D eigenvalue weighted by Crippen LogP contribution is 2.28. The van der Waals surface area contributed by atoms with Gasteiger partial charge in [-0.15, -0.1) is 0 Å². The van der Waals surface area contributed by atoms with Gasteiger partial charge >= 0.3 is 0 Å². The van der Waals surface area contributed by atoms with Gasteiger partial charge in [-0.2, -0.15) is 17.0 Å². The SMILES string of the molecule is Cc1cc(-c2ncc(C)[nH]2)nc(C2CCN(S(=O)(=O)N(C)C)CC2)n1. The average molecular weight is 364 g/mol. The van der Waals surface area contributed by atoms with Crippen molar-refractivity contribution in [3.8, 4) is 11.5 Å². The average Bonchev–Trinajstić information content (AvgIpc) is 3.01. The maximum atomic E-state index is 12.2. The molecule has 0 amide bonds. The van der Waals surface area contributed by atoms with Gasteiger partial charge in [0, 0.05) is 50.7 Å². The molecule has 1 aliphatic heterocycles. The summed E-state index contributed by atoms with van der Waals surface area (Å²) in [7, 11) is -0.235. The van der Waals surface area contributed by atoms with E-state index in [0.717, 1.165) is 28.7 Å². The Balaban J connectivity index is 1.79. The number of nitrogens with zero attached hydrogens (tertiary/aromatic N) is 5. The molecule has 9 heteroatoms. The first-order valence-corrected chi connectivity index (χ1v) is 9.72. The third kappa shape index (κ3) is 3.73. The summed E-state index contributed by atoms with van der Waals surface area (Å²) in [5.41, 5.74) is 2.64. The second-order valence-electron chi connectivity index (χ2n) is 6.63. The summed E-state index contributed by atoms with van der Waals surface area (Å²) in [5.74, 6) is 1.66. The van der Waals surface area contributed by atoms with Gasteiger partial charge in [-0.25, -0.2) is 15.0 Å². The molecular formula is C16H24N6O2S. The van der Waals surface area contributed by atoms with Crippen molar-refractivity contribution in [2.75, 3.05) is 27.2 Å². The van der Waals surface area contributed by atoms with Crippen LogP contribution < -0.4 is 0 Å². The highest BCUT2D eigenvalue weighted by atomic mass is 32.2. The Bertz CT molecular complexity index is 853. The van der Waals surface area contributed by atoms with Gasteiger partial charge in [-0.3, -0.25) is 0 Å². The van der Waals surface area contributed by atoms with Crippen molar-refractivity contribution in [2.24, 2.45) is 0 Å². The number of hydrogen-bond donors (Lipinski definition) is 1. The van der Waals surface area contributed by atoms with Gasteiger partial charge in [-0.05, 0) is 32.8 Å². The monoisotopic (exact) mass is 364 g/mol. The smallest absolute Gasteiger partial charge is 0.281 e. The first kappa shape index (κ1) is 18.0. The predicted molar refractivity (Wildman–Crippen MR) is 95.2 cm³/mol. The lowest BCUT2D eigenvalue weighted by molar-refractivity contribution is 0.297. The van der Waals surface area contributed by atoms with Gasteiger partial charge in [0.1, 0.15) is 11.5 Å². The molecular weight excluding hydrogens is 340 g/mol. The number of H-pyrrole nitrogens is 1. The summed E-state index contributed by atoms with van der Waals surface area (Å²) in [5, 5.41) is 0. The molecule has 3 rings (SSSR count). The zero-order valence-corrected chi connectivity index (χ0v) is 15.8. The van der Waals surface area contributed by atoms with Crippen LogP contribution in [-0.2, 0) is 10.2 Å². The van der Waals surface area contributed by atoms with Crippen LogP contribution in [-0.4, -0.2) is 64.1 Å². The van der Waals surface area contributed by atoms with Gasteiger partial charge in [0.15, 0.2) is 5.82 Å². The Morgan fingerprint density at radius 3 is 2.44 bits per heavy atom. The molecule has 1 N–H and O–H groups in total. The molecule has 0 spiro atoms. The molecule has 1 aliphatic rings. The van der Waals surface area contributed by atoms with Crippen molar-refractivity contribution in [1.82, 2.24) is 28.5 Å². The van der Waals surface area contributed by atoms with Crippen molar-refractivity contribution >= 4 is 10.2 Å². The first-order valence-electron chi connectivity index (χ1n) is 8.32. The van der Waals surface area contributed by atoms with E-state index in [1.54, 1.807) is 20.3 Å². The van der Waals surface area contributed by atoms with Crippen LogP contribution in [0.5, 0.6) is 0 Å². The quantitative estimate of drug-likeness (QED) is 0.886. The molecule has 0 unspecified atom stereocenters. The second kappa shape index (κ2) is 6.81. The Labute approximate surface area is 148 Å². The molecule has 0 bridgehead atoms. The fraction of sp³-hybridized carbons (Fsp3) is 0.562. The molecule has 8 nitrogen and oxygen atoms in total. The van der Waals surface area contributed by atoms with E-state index in [2.05, 4.69) is 19.9 Å². The van der Waals surface area contributed by atoms with Crippen LogP contribution in [0, 0.1) is 13.8 Å². The zero-order valence-electron chi connectivity index (χ0n) is 15.0. The number of rotatable bonds is 4. The van der Waals surface area contributed by atoms with Crippen LogP contribution in [0.15, 0.2) is 12.3 Å². The van der Waals surface area contributed by atoms with E-state index in [1.165, 1.54) is 8.61 Å². The maximum absolute atomic E-state index is 12.2. The van der Waals surface area contributed by atoms with Crippen molar-refractivity contribution in [3.05, 3.63) is 29.5 Å². The topological polar surface area (TPSA) is 95.1 Å². The van der Waals surface area contributed by atoms with E-state index < -0.39 is 10.2 Å². The van der Waals surface area contributed by atoms with E-state index in [9.17, 15) is 8.42 Å². The van der Waals surface area contributed by atoms with E-state index in [0.29, 0.717) is 25.9 Å². The van der Waals surface area contributed by atoms with Crippen LogP contribution in [0.3, 0.4) is 0 Å². The number of piperidine rings is 1. The summed E-state index contributed by atoms with van der Waals surface area (Å²) in [6.45, 7) is 4.86. The van der Waals surface area contributed by atoms with Crippen LogP contribution >= 0.6 is 0 Å². The molecule has 25 heavy (non-hydrogen) atoms. The van der Waals surface area contributed by atoms with Gasteiger partial charge in [-0.1, -0.05) is 0 Å². The van der Waals surface area contributed by atoms with Gasteiger partial charge in [0.05, 0.1) is 0 Å². The molecule has 0 atom stereocenters. The maximum Gasteiger partial charge on any atom is 0.281 e. The molecule has 0 aliphatic carbocycles. The molecule has 2 aromatic heterocycles. The normalized spacial score (nSPS) is 17.3. The molecule has 1 fully saturated rings. The first-order chi connectivity index (χ1) is 11.8. The molecule has 0 radical (unpaired) electrons. The molecule has 2 aromatic rings. The second-order valence-corrected chi connectivity index (χ2v) is 8.77. The van der Waals surface area contributed by atoms with Gasteiger partial charge in [0.2, 0.25) is 0 Å². The lowest BCUT2D eigenvalue weighted by Crippen LogP contribution is -2.44. The summed E-state index contributed by atoms with van der Waals surface area (Å²) >= 11 is 0. The van der Waals surface area contributed by atoms with Crippen molar-refractivity contribution in [3.63, 3.8) is 0 Å². The van der Waals surface area contributed by atoms with Crippen molar-refractivity contribution in [1.29, 1.82) is 0 Å².